The summed E-state index contributed by atoms with van der Waals surface area (Å²) in [4.78, 5) is 10.5. The van der Waals surface area contributed by atoms with Gasteiger partial charge in [0.15, 0.2) is 0 Å². The predicted octanol–water partition coefficient (Wildman–Crippen LogP) is 0.868. The Balaban J connectivity index is 2.45. The lowest BCUT2D eigenvalue weighted by Crippen LogP contribution is -2.29. The first-order chi connectivity index (χ1) is 5.16. The van der Waals surface area contributed by atoms with E-state index in [9.17, 15) is 9.90 Å². The van der Waals surface area contributed by atoms with Crippen LogP contribution >= 0.6 is 0 Å². The molecule has 11 heavy (non-hydrogen) atoms. The monoisotopic (exact) mass is 158 g/mol. The minimum atomic E-state index is -0.869. The minimum absolute atomic E-state index is 0.260. The van der Waals surface area contributed by atoms with Crippen LogP contribution in [0, 0.1) is 11.8 Å². The number of carboxylic acids is 1. The van der Waals surface area contributed by atoms with Gasteiger partial charge >= 0.3 is 5.97 Å². The average Bonchev–Trinajstić information content (AvgIpc) is 2.68. The van der Waals surface area contributed by atoms with Gasteiger partial charge in [-0.3, -0.25) is 4.79 Å². The number of aliphatic hydroxyl groups excluding tert-OH is 1. The number of aliphatic carboxylic acids is 1. The number of hydrogen-bond donors (Lipinski definition) is 2. The summed E-state index contributed by atoms with van der Waals surface area (Å²) in [5.41, 5.74) is 0. The first-order valence-electron chi connectivity index (χ1n) is 4.07. The van der Waals surface area contributed by atoms with E-state index in [-0.39, 0.29) is 5.92 Å². The molecule has 1 aliphatic rings. The Labute approximate surface area is 66.0 Å². The quantitative estimate of drug-likeness (QED) is 0.638. The molecule has 2 unspecified atom stereocenters. The van der Waals surface area contributed by atoms with Crippen molar-refractivity contribution in [3.8, 4) is 0 Å². The molecule has 2 atom stereocenters. The molecule has 0 spiro atoms. The van der Waals surface area contributed by atoms with Crippen LogP contribution in [0.4, 0.5) is 0 Å². The topological polar surface area (TPSA) is 57.5 Å². The van der Waals surface area contributed by atoms with Gasteiger partial charge in [-0.25, -0.2) is 0 Å². The Morgan fingerprint density at radius 3 is 2.45 bits per heavy atom. The third-order valence-electron chi connectivity index (χ3n) is 2.27. The van der Waals surface area contributed by atoms with Gasteiger partial charge in [-0.05, 0) is 25.2 Å². The van der Waals surface area contributed by atoms with Crippen LogP contribution in [0.25, 0.3) is 0 Å². The van der Waals surface area contributed by atoms with Crippen molar-refractivity contribution >= 4 is 5.97 Å². The van der Waals surface area contributed by atoms with Crippen LogP contribution in [0.1, 0.15) is 26.2 Å². The van der Waals surface area contributed by atoms with Crippen LogP contribution in [-0.4, -0.2) is 22.3 Å². The zero-order valence-corrected chi connectivity index (χ0v) is 6.66. The third kappa shape index (κ3) is 1.93. The van der Waals surface area contributed by atoms with E-state index >= 15 is 0 Å². The second-order valence-electron chi connectivity index (χ2n) is 3.18. The first kappa shape index (κ1) is 8.53. The summed E-state index contributed by atoms with van der Waals surface area (Å²) in [6.45, 7) is 1.80. The molecule has 0 saturated heterocycles. The molecule has 1 rings (SSSR count). The summed E-state index contributed by atoms with van der Waals surface area (Å²) in [7, 11) is 0. The van der Waals surface area contributed by atoms with Crippen molar-refractivity contribution in [2.24, 2.45) is 11.8 Å². The predicted molar refractivity (Wildman–Crippen MR) is 40.1 cm³/mol. The Bertz CT molecular complexity index is 151. The van der Waals surface area contributed by atoms with E-state index < -0.39 is 18.0 Å². The first-order valence-corrected chi connectivity index (χ1v) is 4.07. The Morgan fingerprint density at radius 1 is 1.64 bits per heavy atom. The summed E-state index contributed by atoms with van der Waals surface area (Å²) < 4.78 is 0. The highest BCUT2D eigenvalue weighted by Gasteiger charge is 2.37. The van der Waals surface area contributed by atoms with Crippen molar-refractivity contribution in [3.63, 3.8) is 0 Å². The normalized spacial score (nSPS) is 22.7. The highest BCUT2D eigenvalue weighted by atomic mass is 16.4. The molecule has 0 aliphatic heterocycles. The molecule has 64 valence electrons. The fourth-order valence-corrected chi connectivity index (χ4v) is 1.33. The summed E-state index contributed by atoms with van der Waals surface area (Å²) in [5, 5.41) is 18.1. The Morgan fingerprint density at radius 2 is 2.18 bits per heavy atom. The maximum atomic E-state index is 10.5. The summed E-state index contributed by atoms with van der Waals surface area (Å²) in [5.74, 6) is -1.16. The molecule has 1 fully saturated rings. The van der Waals surface area contributed by atoms with E-state index in [0.29, 0.717) is 6.42 Å². The molecule has 2 N–H and O–H groups in total. The van der Waals surface area contributed by atoms with Crippen molar-refractivity contribution in [2.45, 2.75) is 32.3 Å². The lowest BCUT2D eigenvalue weighted by atomic mass is 9.96. The van der Waals surface area contributed by atoms with Gasteiger partial charge in [-0.2, -0.15) is 0 Å². The molecule has 3 heteroatoms. The van der Waals surface area contributed by atoms with Crippen LogP contribution in [0.15, 0.2) is 0 Å². The van der Waals surface area contributed by atoms with Crippen LogP contribution in [0.3, 0.4) is 0 Å². The van der Waals surface area contributed by atoms with Gasteiger partial charge in [0.05, 0.1) is 12.0 Å². The number of carbonyl (C=O) groups is 1. The van der Waals surface area contributed by atoms with Crippen molar-refractivity contribution < 1.29 is 15.0 Å². The van der Waals surface area contributed by atoms with Gasteiger partial charge in [-0.15, -0.1) is 0 Å². The highest BCUT2D eigenvalue weighted by Crippen LogP contribution is 2.36. The molecule has 0 aromatic carbocycles. The minimum Gasteiger partial charge on any atom is -0.481 e. The largest absolute Gasteiger partial charge is 0.481 e. The van der Waals surface area contributed by atoms with Gasteiger partial charge in [0.25, 0.3) is 0 Å². The number of aliphatic hydroxyl groups is 1. The van der Waals surface area contributed by atoms with E-state index in [0.717, 1.165) is 12.8 Å². The maximum Gasteiger partial charge on any atom is 0.309 e. The zero-order valence-electron chi connectivity index (χ0n) is 6.66. The van der Waals surface area contributed by atoms with Crippen LogP contribution in [0.2, 0.25) is 0 Å². The van der Waals surface area contributed by atoms with Gasteiger partial charge in [0.1, 0.15) is 0 Å². The third-order valence-corrected chi connectivity index (χ3v) is 2.27. The fourth-order valence-electron chi connectivity index (χ4n) is 1.33. The van der Waals surface area contributed by atoms with E-state index in [4.69, 9.17) is 5.11 Å². The molecular formula is C8H14O3. The van der Waals surface area contributed by atoms with Crippen molar-refractivity contribution in [1.29, 1.82) is 0 Å². The number of rotatable bonds is 4. The Kier molecular flexibility index (Phi) is 2.49. The number of carboxylic acid groups (broad SMARTS) is 1. The van der Waals surface area contributed by atoms with Crippen molar-refractivity contribution in [2.75, 3.05) is 0 Å². The molecule has 0 radical (unpaired) electrons. The molecular weight excluding hydrogens is 144 g/mol. The molecule has 0 amide bonds. The Hall–Kier alpha value is -0.570. The van der Waals surface area contributed by atoms with E-state index in [2.05, 4.69) is 0 Å². The molecule has 1 aliphatic carbocycles. The van der Waals surface area contributed by atoms with Gasteiger partial charge in [0, 0.05) is 0 Å². The zero-order chi connectivity index (χ0) is 8.43. The molecule has 0 bridgehead atoms. The lowest BCUT2D eigenvalue weighted by Gasteiger charge is -2.16. The second kappa shape index (κ2) is 3.22. The molecule has 3 nitrogen and oxygen atoms in total. The average molecular weight is 158 g/mol. The summed E-state index contributed by atoms with van der Waals surface area (Å²) in [6.07, 6.45) is 1.89. The SMILES string of the molecule is CCC(C(=O)O)C(O)C1CC1. The standard InChI is InChI=1S/C8H14O3/c1-2-6(8(10)11)7(9)5-3-4-5/h5-7,9H,2-4H2,1H3,(H,10,11). The van der Waals surface area contributed by atoms with Gasteiger partial charge in [-0.1, -0.05) is 6.92 Å². The summed E-state index contributed by atoms with van der Waals surface area (Å²) >= 11 is 0. The van der Waals surface area contributed by atoms with E-state index in [1.807, 2.05) is 0 Å². The van der Waals surface area contributed by atoms with Crippen LogP contribution in [0.5, 0.6) is 0 Å². The van der Waals surface area contributed by atoms with Gasteiger partial charge < -0.3 is 10.2 Å². The fraction of sp³-hybridized carbons (Fsp3) is 0.875. The smallest absolute Gasteiger partial charge is 0.309 e. The molecule has 0 heterocycles. The molecule has 1 saturated carbocycles. The lowest BCUT2D eigenvalue weighted by molar-refractivity contribution is -0.146. The van der Waals surface area contributed by atoms with E-state index in [1.54, 1.807) is 6.92 Å². The summed E-state index contributed by atoms with van der Waals surface area (Å²) in [6, 6.07) is 0. The van der Waals surface area contributed by atoms with Gasteiger partial charge in [0.2, 0.25) is 0 Å². The second-order valence-corrected chi connectivity index (χ2v) is 3.18. The molecule has 0 aromatic rings. The van der Waals surface area contributed by atoms with Crippen LogP contribution < -0.4 is 0 Å². The van der Waals surface area contributed by atoms with Crippen molar-refractivity contribution in [3.05, 3.63) is 0 Å². The van der Waals surface area contributed by atoms with E-state index in [1.165, 1.54) is 0 Å². The highest BCUT2D eigenvalue weighted by molar-refractivity contribution is 5.70. The maximum absolute atomic E-state index is 10.5. The molecule has 0 aromatic heterocycles. The van der Waals surface area contributed by atoms with Crippen LogP contribution in [-0.2, 0) is 4.79 Å². The van der Waals surface area contributed by atoms with Crippen molar-refractivity contribution in [1.82, 2.24) is 0 Å². The number of hydrogen-bond acceptors (Lipinski definition) is 2.